The van der Waals surface area contributed by atoms with E-state index in [1.54, 1.807) is 50.4 Å². The minimum atomic E-state index is -2.01. The first kappa shape index (κ1) is 20.4. The smallest absolute Gasteiger partial charge is 0.218 e. The van der Waals surface area contributed by atoms with Gasteiger partial charge in [-0.05, 0) is 35.7 Å². The van der Waals surface area contributed by atoms with Gasteiger partial charge >= 0.3 is 0 Å². The van der Waals surface area contributed by atoms with Crippen LogP contribution in [0.4, 0.5) is 0 Å². The molecule has 2 aromatic rings. The van der Waals surface area contributed by atoms with Crippen LogP contribution < -0.4 is 4.74 Å². The van der Waals surface area contributed by atoms with Gasteiger partial charge in [0.05, 0.1) is 31.2 Å². The molecule has 0 spiro atoms. The zero-order valence-corrected chi connectivity index (χ0v) is 17.3. The number of benzene rings is 2. The quantitative estimate of drug-likeness (QED) is 0.809. The van der Waals surface area contributed by atoms with Crippen molar-refractivity contribution in [2.75, 3.05) is 7.11 Å². The Balaban J connectivity index is 2.02. The molecular formula is C24H20N4O3. The summed E-state index contributed by atoms with van der Waals surface area (Å²) in [6.45, 7) is 3.50. The molecule has 7 heteroatoms. The van der Waals surface area contributed by atoms with Crippen LogP contribution in [0.15, 0.2) is 48.5 Å². The number of nitrogens with zero attached hydrogens (tertiary/aromatic N) is 3. The second kappa shape index (κ2) is 6.84. The van der Waals surface area contributed by atoms with E-state index in [4.69, 9.17) is 19.6 Å². The van der Waals surface area contributed by atoms with E-state index in [1.807, 2.05) is 19.1 Å². The lowest BCUT2D eigenvalue weighted by atomic mass is 9.52. The zero-order chi connectivity index (χ0) is 22.4. The molecule has 0 aromatic heterocycles. The van der Waals surface area contributed by atoms with Gasteiger partial charge in [-0.1, -0.05) is 36.4 Å². The number of rotatable bonds is 3. The molecule has 2 aliphatic rings. The maximum Gasteiger partial charge on any atom is 0.218 e. The summed E-state index contributed by atoms with van der Waals surface area (Å²) in [7, 11) is 1.54. The zero-order valence-electron chi connectivity index (χ0n) is 17.3. The number of hydrogen-bond acceptors (Lipinski definition) is 7. The Kier molecular flexibility index (Phi) is 4.51. The molecule has 2 heterocycles. The highest BCUT2D eigenvalue weighted by molar-refractivity contribution is 5.90. The van der Waals surface area contributed by atoms with Crippen LogP contribution in [0.1, 0.15) is 35.6 Å². The number of nitriles is 3. The summed E-state index contributed by atoms with van der Waals surface area (Å²) in [6, 6.07) is 20.5. The first-order valence-corrected chi connectivity index (χ1v) is 9.72. The van der Waals surface area contributed by atoms with Crippen molar-refractivity contribution in [3.8, 4) is 24.0 Å². The summed E-state index contributed by atoms with van der Waals surface area (Å²) in [5, 5.41) is 39.8. The minimum absolute atomic E-state index is 0.433. The predicted molar refractivity (Wildman–Crippen MR) is 110 cm³/mol. The van der Waals surface area contributed by atoms with E-state index in [-0.39, 0.29) is 0 Å². The molecule has 2 bridgehead atoms. The lowest BCUT2D eigenvalue weighted by molar-refractivity contribution is -0.253. The van der Waals surface area contributed by atoms with Crippen molar-refractivity contribution in [2.45, 2.75) is 31.7 Å². The summed E-state index contributed by atoms with van der Waals surface area (Å²) in [5.41, 5.74) is -1.84. The summed E-state index contributed by atoms with van der Waals surface area (Å²) in [6.07, 6.45) is -1.08. The van der Waals surface area contributed by atoms with Gasteiger partial charge in [0.2, 0.25) is 17.1 Å². The fourth-order valence-corrected chi connectivity index (χ4v) is 4.94. The first-order valence-electron chi connectivity index (χ1n) is 9.72. The van der Waals surface area contributed by atoms with Crippen LogP contribution in [-0.4, -0.2) is 18.8 Å². The molecule has 154 valence electrons. The van der Waals surface area contributed by atoms with Crippen molar-refractivity contribution >= 4 is 5.90 Å². The molecule has 31 heavy (non-hydrogen) atoms. The van der Waals surface area contributed by atoms with Crippen molar-refractivity contribution in [1.82, 2.24) is 0 Å². The van der Waals surface area contributed by atoms with Crippen LogP contribution >= 0.6 is 0 Å². The van der Waals surface area contributed by atoms with Crippen molar-refractivity contribution in [3.05, 3.63) is 65.2 Å². The van der Waals surface area contributed by atoms with Gasteiger partial charge in [0, 0.05) is 6.92 Å². The number of methoxy groups -OCH3 is 1. The largest absolute Gasteiger partial charge is 0.497 e. The number of fused-ring (bicyclic) bond motifs is 2. The van der Waals surface area contributed by atoms with Crippen molar-refractivity contribution in [3.63, 3.8) is 0 Å². The standard InChI is InChI=1S/C24H20N4O3/c1-15-6-4-5-7-18(15)20-23(12-25,13-26)24(14-27)19(22(2,30-20)31-21(24)28)16-8-10-17(29-3)11-9-16/h4-11,19-20,28H,1-3H3. The number of nitrogens with one attached hydrogen (secondary N) is 1. The van der Waals surface area contributed by atoms with Crippen molar-refractivity contribution < 1.29 is 14.2 Å². The summed E-state index contributed by atoms with van der Waals surface area (Å²) in [5.74, 6) is -2.11. The maximum atomic E-state index is 10.5. The fourth-order valence-electron chi connectivity index (χ4n) is 4.94. The Morgan fingerprint density at radius 2 is 1.65 bits per heavy atom. The van der Waals surface area contributed by atoms with Gasteiger partial charge in [0.15, 0.2) is 5.41 Å². The van der Waals surface area contributed by atoms with Gasteiger partial charge in [-0.2, -0.15) is 15.8 Å². The summed E-state index contributed by atoms with van der Waals surface area (Å²) in [4.78, 5) is 0. The topological polar surface area (TPSA) is 123 Å². The van der Waals surface area contributed by atoms with E-state index >= 15 is 0 Å². The monoisotopic (exact) mass is 412 g/mol. The molecule has 0 aliphatic carbocycles. The van der Waals surface area contributed by atoms with Gasteiger partial charge in [-0.15, -0.1) is 0 Å². The van der Waals surface area contributed by atoms with Crippen LogP contribution in [-0.2, 0) is 9.47 Å². The second-order valence-electron chi connectivity index (χ2n) is 7.96. The molecule has 7 nitrogen and oxygen atoms in total. The Hall–Kier alpha value is -3.86. The van der Waals surface area contributed by atoms with Gasteiger partial charge in [0.25, 0.3) is 0 Å². The average Bonchev–Trinajstić information content (AvgIpc) is 2.97. The van der Waals surface area contributed by atoms with Crippen LogP contribution in [0, 0.1) is 57.2 Å². The SMILES string of the molecule is COc1ccc(C2C3(C)OC(=N)C2(C#N)C(C#N)(C#N)C(c2ccccc2C)O3)cc1. The van der Waals surface area contributed by atoms with Gasteiger partial charge in [-0.3, -0.25) is 5.41 Å². The highest BCUT2D eigenvalue weighted by atomic mass is 16.7. The maximum absolute atomic E-state index is 10.5. The third-order valence-electron chi connectivity index (χ3n) is 6.44. The van der Waals surface area contributed by atoms with E-state index in [2.05, 4.69) is 18.2 Å². The summed E-state index contributed by atoms with van der Waals surface area (Å²) < 4.78 is 17.4. The molecule has 2 aromatic carbocycles. The lowest BCUT2D eigenvalue weighted by Gasteiger charge is -2.49. The van der Waals surface area contributed by atoms with Gasteiger partial charge < -0.3 is 14.2 Å². The Morgan fingerprint density at radius 1 is 1.00 bits per heavy atom. The average molecular weight is 412 g/mol. The highest BCUT2D eigenvalue weighted by Crippen LogP contribution is 2.69. The normalized spacial score (nSPS) is 30.4. The Bertz CT molecular complexity index is 1170. The summed E-state index contributed by atoms with van der Waals surface area (Å²) >= 11 is 0. The Labute approximate surface area is 180 Å². The highest BCUT2D eigenvalue weighted by Gasteiger charge is 2.79. The molecule has 0 amide bonds. The van der Waals surface area contributed by atoms with Crippen LogP contribution in [0.5, 0.6) is 5.75 Å². The second-order valence-corrected chi connectivity index (χ2v) is 7.96. The first-order chi connectivity index (χ1) is 14.8. The van der Waals surface area contributed by atoms with Gasteiger partial charge in [-0.25, -0.2) is 0 Å². The molecule has 4 unspecified atom stereocenters. The van der Waals surface area contributed by atoms with E-state index in [0.717, 1.165) is 5.56 Å². The van der Waals surface area contributed by atoms with Crippen LogP contribution in [0.25, 0.3) is 0 Å². The van der Waals surface area contributed by atoms with Crippen LogP contribution in [0.3, 0.4) is 0 Å². The van der Waals surface area contributed by atoms with Gasteiger partial charge in [0.1, 0.15) is 11.9 Å². The van der Waals surface area contributed by atoms with E-state index < -0.39 is 34.5 Å². The lowest BCUT2D eigenvalue weighted by Crippen LogP contribution is -2.57. The number of hydrogen-bond donors (Lipinski definition) is 1. The molecule has 2 aliphatic heterocycles. The van der Waals surface area contributed by atoms with E-state index in [0.29, 0.717) is 16.9 Å². The molecule has 4 atom stereocenters. The number of aryl methyl sites for hydroxylation is 1. The van der Waals surface area contributed by atoms with Crippen molar-refractivity contribution in [1.29, 1.82) is 21.2 Å². The third kappa shape index (κ3) is 2.43. The molecule has 4 rings (SSSR count). The molecule has 1 N–H and O–H groups in total. The van der Waals surface area contributed by atoms with Crippen molar-refractivity contribution in [2.24, 2.45) is 10.8 Å². The third-order valence-corrected chi connectivity index (χ3v) is 6.44. The van der Waals surface area contributed by atoms with Crippen LogP contribution in [0.2, 0.25) is 0 Å². The molecule has 0 saturated carbocycles. The molecule has 2 saturated heterocycles. The molecule has 2 fully saturated rings. The molecule has 0 radical (unpaired) electrons. The number of ether oxygens (including phenoxy) is 3. The predicted octanol–water partition coefficient (Wildman–Crippen LogP) is 4.13. The molecular weight excluding hydrogens is 392 g/mol. The minimum Gasteiger partial charge on any atom is -0.497 e. The van der Waals surface area contributed by atoms with E-state index in [9.17, 15) is 15.8 Å². The fraction of sp³-hybridized carbons (Fsp3) is 0.333. The Morgan fingerprint density at radius 3 is 2.19 bits per heavy atom. The van der Waals surface area contributed by atoms with E-state index in [1.165, 1.54) is 0 Å².